The van der Waals surface area contributed by atoms with E-state index in [0.717, 1.165) is 35.1 Å². The zero-order valence-electron chi connectivity index (χ0n) is 15.2. The van der Waals surface area contributed by atoms with Crippen molar-refractivity contribution in [1.82, 2.24) is 19.7 Å². The molecule has 2 aromatic heterocycles. The number of carbonyl (C=O) groups is 1. The molecule has 4 rings (SSSR count). The van der Waals surface area contributed by atoms with Crippen LogP contribution in [-0.2, 0) is 0 Å². The van der Waals surface area contributed by atoms with E-state index in [2.05, 4.69) is 19.7 Å². The number of thioether (sulfide) groups is 1. The molecule has 0 spiro atoms. The molecule has 0 saturated heterocycles. The predicted octanol–water partition coefficient (Wildman–Crippen LogP) is 4.05. The predicted molar refractivity (Wildman–Crippen MR) is 104 cm³/mol. The third-order valence-electron chi connectivity index (χ3n) is 4.52. The molecule has 0 radical (unpaired) electrons. The number of Topliss-reactive ketones (excluding diaryl/α,β-unsaturated/α-hetero) is 1. The Labute approximate surface area is 162 Å². The molecule has 6 nitrogen and oxygen atoms in total. The number of carbonyl (C=O) groups excluding carboxylic acids is 1. The summed E-state index contributed by atoms with van der Waals surface area (Å²) in [5.74, 6) is 1.62. The van der Waals surface area contributed by atoms with E-state index in [1.54, 1.807) is 43.8 Å². The number of methoxy groups -OCH3 is 1. The summed E-state index contributed by atoms with van der Waals surface area (Å²) in [6, 6.07) is 11.5. The zero-order valence-corrected chi connectivity index (χ0v) is 16.0. The first-order chi connectivity index (χ1) is 13.2. The van der Waals surface area contributed by atoms with Gasteiger partial charge in [-0.25, -0.2) is 0 Å². The summed E-state index contributed by atoms with van der Waals surface area (Å²) in [5.41, 5.74) is 1.61. The monoisotopic (exact) mass is 380 g/mol. The fraction of sp³-hybridized carbons (Fsp3) is 0.300. The van der Waals surface area contributed by atoms with E-state index >= 15 is 0 Å². The molecular formula is C20H20N4O2S. The summed E-state index contributed by atoms with van der Waals surface area (Å²) >= 11 is 1.46. The minimum absolute atomic E-state index is 0.0657. The van der Waals surface area contributed by atoms with Gasteiger partial charge >= 0.3 is 0 Å². The Balaban J connectivity index is 1.57. The molecule has 1 saturated carbocycles. The molecule has 0 amide bonds. The molecule has 0 aliphatic heterocycles. The molecule has 1 atom stereocenters. The average molecular weight is 380 g/mol. The number of hydrogen-bond donors (Lipinski definition) is 0. The quantitative estimate of drug-likeness (QED) is 0.455. The van der Waals surface area contributed by atoms with Gasteiger partial charge in [0.1, 0.15) is 5.75 Å². The van der Waals surface area contributed by atoms with E-state index in [1.807, 2.05) is 19.1 Å². The average Bonchev–Trinajstić information content (AvgIpc) is 3.48. The lowest BCUT2D eigenvalue weighted by atomic mass is 10.1. The van der Waals surface area contributed by atoms with Gasteiger partial charge in [0.15, 0.2) is 16.8 Å². The van der Waals surface area contributed by atoms with Crippen LogP contribution in [-0.4, -0.2) is 37.9 Å². The van der Waals surface area contributed by atoms with E-state index in [0.29, 0.717) is 11.6 Å². The van der Waals surface area contributed by atoms with Crippen LogP contribution in [0.5, 0.6) is 5.75 Å². The van der Waals surface area contributed by atoms with Crippen LogP contribution in [0.1, 0.15) is 36.2 Å². The van der Waals surface area contributed by atoms with Crippen molar-refractivity contribution in [1.29, 1.82) is 0 Å². The molecule has 2 heterocycles. The maximum atomic E-state index is 12.8. The molecule has 1 aliphatic rings. The number of benzene rings is 1. The molecule has 1 unspecified atom stereocenters. The Hall–Kier alpha value is -2.67. The standard InChI is InChI=1S/C20H20N4O2S/c1-13(18(25)14-5-9-17(26-2)10-6-14)27-20-23-22-19(24(20)16-7-8-16)15-4-3-11-21-12-15/h3-6,9-13,16H,7-8H2,1-2H3. The largest absolute Gasteiger partial charge is 0.497 e. The Bertz CT molecular complexity index is 936. The normalized spacial score (nSPS) is 14.7. The Morgan fingerprint density at radius 3 is 2.63 bits per heavy atom. The molecular weight excluding hydrogens is 360 g/mol. The first kappa shape index (κ1) is 17.7. The third kappa shape index (κ3) is 3.73. The first-order valence-electron chi connectivity index (χ1n) is 8.87. The number of ketones is 1. The summed E-state index contributed by atoms with van der Waals surface area (Å²) in [6.07, 6.45) is 5.76. The smallest absolute Gasteiger partial charge is 0.192 e. The van der Waals surface area contributed by atoms with E-state index in [4.69, 9.17) is 4.74 Å². The molecule has 1 aromatic carbocycles. The fourth-order valence-corrected chi connectivity index (χ4v) is 3.91. The number of aromatic nitrogens is 4. The van der Waals surface area contributed by atoms with Crippen molar-refractivity contribution in [3.8, 4) is 17.1 Å². The Morgan fingerprint density at radius 2 is 2.00 bits per heavy atom. The van der Waals surface area contributed by atoms with Crippen molar-refractivity contribution < 1.29 is 9.53 Å². The fourth-order valence-electron chi connectivity index (χ4n) is 2.91. The second-order valence-corrected chi connectivity index (χ2v) is 7.81. The van der Waals surface area contributed by atoms with Crippen molar-refractivity contribution in [2.24, 2.45) is 0 Å². The Kier molecular flexibility index (Phi) is 4.94. The summed E-state index contributed by atoms with van der Waals surface area (Å²) in [5, 5.41) is 9.27. The number of nitrogens with zero attached hydrogens (tertiary/aromatic N) is 4. The van der Waals surface area contributed by atoms with E-state index in [9.17, 15) is 4.79 Å². The van der Waals surface area contributed by atoms with Crippen molar-refractivity contribution in [2.45, 2.75) is 36.2 Å². The van der Waals surface area contributed by atoms with Crippen molar-refractivity contribution in [3.05, 3.63) is 54.4 Å². The van der Waals surface area contributed by atoms with Gasteiger partial charge in [-0.15, -0.1) is 10.2 Å². The maximum Gasteiger partial charge on any atom is 0.192 e. The van der Waals surface area contributed by atoms with Gasteiger partial charge in [0.05, 0.1) is 12.4 Å². The van der Waals surface area contributed by atoms with Crippen LogP contribution in [0.3, 0.4) is 0 Å². The summed E-state index contributed by atoms with van der Waals surface area (Å²) in [4.78, 5) is 17.0. The van der Waals surface area contributed by atoms with Gasteiger partial charge in [0.25, 0.3) is 0 Å². The SMILES string of the molecule is COc1ccc(C(=O)C(C)Sc2nnc(-c3cccnc3)n2C2CC2)cc1. The zero-order chi connectivity index (χ0) is 18.8. The van der Waals surface area contributed by atoms with Gasteiger partial charge in [-0.2, -0.15) is 0 Å². The number of ether oxygens (including phenoxy) is 1. The lowest BCUT2D eigenvalue weighted by molar-refractivity contribution is 0.0994. The maximum absolute atomic E-state index is 12.8. The van der Waals surface area contributed by atoms with E-state index < -0.39 is 0 Å². The molecule has 27 heavy (non-hydrogen) atoms. The summed E-state index contributed by atoms with van der Waals surface area (Å²) in [7, 11) is 1.61. The number of hydrogen-bond acceptors (Lipinski definition) is 6. The van der Waals surface area contributed by atoms with Crippen molar-refractivity contribution in [3.63, 3.8) is 0 Å². The van der Waals surface area contributed by atoms with Crippen LogP contribution in [0, 0.1) is 0 Å². The highest BCUT2D eigenvalue weighted by Crippen LogP contribution is 2.41. The first-order valence-corrected chi connectivity index (χ1v) is 9.75. The summed E-state index contributed by atoms with van der Waals surface area (Å²) in [6.45, 7) is 1.91. The van der Waals surface area contributed by atoms with Crippen LogP contribution in [0.15, 0.2) is 53.9 Å². The topological polar surface area (TPSA) is 69.9 Å². The molecule has 1 fully saturated rings. The van der Waals surface area contributed by atoms with Gasteiger partial charge in [0.2, 0.25) is 0 Å². The van der Waals surface area contributed by atoms with Crippen molar-refractivity contribution >= 4 is 17.5 Å². The van der Waals surface area contributed by atoms with Gasteiger partial charge in [-0.3, -0.25) is 14.3 Å². The van der Waals surface area contributed by atoms with Crippen LogP contribution in [0.2, 0.25) is 0 Å². The molecule has 3 aromatic rings. The molecule has 7 heteroatoms. The van der Waals surface area contributed by atoms with Gasteiger partial charge in [-0.1, -0.05) is 11.8 Å². The lowest BCUT2D eigenvalue weighted by Crippen LogP contribution is -2.14. The van der Waals surface area contributed by atoms with E-state index in [1.165, 1.54) is 11.8 Å². The Morgan fingerprint density at radius 1 is 1.22 bits per heavy atom. The third-order valence-corrected chi connectivity index (χ3v) is 5.58. The minimum Gasteiger partial charge on any atom is -0.497 e. The number of pyridine rings is 1. The number of rotatable bonds is 7. The molecule has 0 bridgehead atoms. The van der Waals surface area contributed by atoms with Crippen LogP contribution in [0.4, 0.5) is 0 Å². The minimum atomic E-state index is -0.262. The van der Waals surface area contributed by atoms with Crippen LogP contribution in [0.25, 0.3) is 11.4 Å². The molecule has 138 valence electrons. The summed E-state index contributed by atoms with van der Waals surface area (Å²) < 4.78 is 7.31. The van der Waals surface area contributed by atoms with E-state index in [-0.39, 0.29) is 11.0 Å². The van der Waals surface area contributed by atoms with Gasteiger partial charge < -0.3 is 4.74 Å². The molecule has 1 aliphatic carbocycles. The van der Waals surface area contributed by atoms with Gasteiger partial charge in [-0.05, 0) is 56.2 Å². The highest BCUT2D eigenvalue weighted by Gasteiger charge is 2.31. The second-order valence-electron chi connectivity index (χ2n) is 6.50. The highest BCUT2D eigenvalue weighted by molar-refractivity contribution is 8.00. The van der Waals surface area contributed by atoms with Gasteiger partial charge in [0, 0.05) is 29.6 Å². The van der Waals surface area contributed by atoms with Crippen LogP contribution >= 0.6 is 11.8 Å². The highest BCUT2D eigenvalue weighted by atomic mass is 32.2. The second kappa shape index (κ2) is 7.52. The van der Waals surface area contributed by atoms with Crippen molar-refractivity contribution in [2.75, 3.05) is 7.11 Å². The van der Waals surface area contributed by atoms with Crippen LogP contribution < -0.4 is 4.74 Å². The lowest BCUT2D eigenvalue weighted by Gasteiger charge is -2.12. The molecule has 0 N–H and O–H groups in total.